The maximum Gasteiger partial charge on any atom is 0.330 e. The molecule has 3 rings (SSSR count). The molecule has 0 spiro atoms. The lowest BCUT2D eigenvalue weighted by molar-refractivity contribution is -0.120. The number of hydrogen-bond donors (Lipinski definition) is 2. The molecule has 1 aromatic heterocycles. The third-order valence-electron chi connectivity index (χ3n) is 5.09. The third kappa shape index (κ3) is 5.46. The van der Waals surface area contributed by atoms with E-state index in [-0.39, 0.29) is 24.7 Å². The Morgan fingerprint density at radius 1 is 1.09 bits per heavy atom. The molecule has 2 aromatic carbocycles. The summed E-state index contributed by atoms with van der Waals surface area (Å²) in [5.41, 5.74) is 6.78. The van der Waals surface area contributed by atoms with E-state index in [0.717, 1.165) is 17.5 Å². The molecular weight excluding hydrogens is 408 g/mol. The number of rotatable bonds is 9. The van der Waals surface area contributed by atoms with Crippen LogP contribution in [-0.4, -0.2) is 22.1 Å². The summed E-state index contributed by atoms with van der Waals surface area (Å²) in [5.74, 6) is 0.0533. The van der Waals surface area contributed by atoms with E-state index in [0.29, 0.717) is 18.7 Å². The van der Waals surface area contributed by atoms with E-state index >= 15 is 0 Å². The zero-order valence-electron chi connectivity index (χ0n) is 18.3. The van der Waals surface area contributed by atoms with E-state index < -0.39 is 17.2 Å². The molecule has 3 aromatic rings. The first-order valence-electron chi connectivity index (χ1n) is 10.6. The third-order valence-corrected chi connectivity index (χ3v) is 5.09. The number of aryl methyl sites for hydroxylation is 1. The Balaban J connectivity index is 1.97. The van der Waals surface area contributed by atoms with E-state index in [9.17, 15) is 14.4 Å². The topological polar surface area (TPSA) is 110 Å². The Labute approximate surface area is 186 Å². The first kappa shape index (κ1) is 22.9. The van der Waals surface area contributed by atoms with E-state index in [1.807, 2.05) is 56.3 Å². The number of aromatic amines is 1. The van der Waals surface area contributed by atoms with Crippen LogP contribution in [0.1, 0.15) is 30.9 Å². The quantitative estimate of drug-likeness (QED) is 0.536. The average Bonchev–Trinajstić information content (AvgIpc) is 2.78. The average molecular weight is 437 g/mol. The molecule has 0 bridgehead atoms. The Kier molecular flexibility index (Phi) is 7.49. The number of aromatic nitrogens is 2. The summed E-state index contributed by atoms with van der Waals surface area (Å²) >= 11 is 0. The number of carbonyl (C=O) groups excluding carboxylic acids is 1. The van der Waals surface area contributed by atoms with Crippen LogP contribution in [-0.2, 0) is 17.9 Å². The predicted molar refractivity (Wildman–Crippen MR) is 125 cm³/mol. The van der Waals surface area contributed by atoms with E-state index in [1.165, 1.54) is 9.47 Å². The number of amides is 1. The first-order chi connectivity index (χ1) is 15.4. The Bertz CT molecular complexity index is 1170. The molecule has 3 N–H and O–H groups in total. The van der Waals surface area contributed by atoms with Crippen LogP contribution in [0, 0.1) is 6.92 Å². The highest BCUT2D eigenvalue weighted by Crippen LogP contribution is 2.21. The number of anilines is 2. The molecular formula is C24H28N4O4. The molecule has 0 atom stereocenters. The Morgan fingerprint density at radius 3 is 2.44 bits per heavy atom. The lowest BCUT2D eigenvalue weighted by Crippen LogP contribution is -2.42. The SMILES string of the molecule is CCCCn1c(N)c(N(Cc2ccccc2)C(=O)COc2ccc(C)cc2)c(=O)[nH]c1=O. The van der Waals surface area contributed by atoms with Crippen LogP contribution in [0.15, 0.2) is 64.2 Å². The minimum Gasteiger partial charge on any atom is -0.484 e. The van der Waals surface area contributed by atoms with Gasteiger partial charge in [-0.1, -0.05) is 61.4 Å². The largest absolute Gasteiger partial charge is 0.484 e. The van der Waals surface area contributed by atoms with Crippen LogP contribution in [0.25, 0.3) is 0 Å². The van der Waals surface area contributed by atoms with Crippen molar-refractivity contribution in [2.24, 2.45) is 0 Å². The van der Waals surface area contributed by atoms with Crippen molar-refractivity contribution in [3.63, 3.8) is 0 Å². The fraction of sp³-hybridized carbons (Fsp3) is 0.292. The Hall–Kier alpha value is -3.81. The number of nitrogens with one attached hydrogen (secondary N) is 1. The van der Waals surface area contributed by atoms with Crippen molar-refractivity contribution in [2.75, 3.05) is 17.2 Å². The van der Waals surface area contributed by atoms with E-state index in [1.54, 1.807) is 12.1 Å². The molecule has 1 heterocycles. The van der Waals surface area contributed by atoms with Gasteiger partial charge < -0.3 is 10.5 Å². The van der Waals surface area contributed by atoms with Crippen molar-refractivity contribution >= 4 is 17.4 Å². The second-order valence-electron chi connectivity index (χ2n) is 7.57. The van der Waals surface area contributed by atoms with Gasteiger partial charge in [-0.25, -0.2) is 4.79 Å². The minimum atomic E-state index is -0.708. The number of nitrogens with two attached hydrogens (primary N) is 1. The van der Waals surface area contributed by atoms with Crippen molar-refractivity contribution in [3.8, 4) is 5.75 Å². The van der Waals surface area contributed by atoms with Crippen LogP contribution in [0.2, 0.25) is 0 Å². The van der Waals surface area contributed by atoms with Crippen molar-refractivity contribution in [1.29, 1.82) is 0 Å². The normalized spacial score (nSPS) is 10.7. The van der Waals surface area contributed by atoms with Gasteiger partial charge in [0, 0.05) is 6.54 Å². The summed E-state index contributed by atoms with van der Waals surface area (Å²) in [4.78, 5) is 41.8. The fourth-order valence-electron chi connectivity index (χ4n) is 3.29. The van der Waals surface area contributed by atoms with Crippen molar-refractivity contribution in [3.05, 3.63) is 86.6 Å². The zero-order chi connectivity index (χ0) is 23.1. The summed E-state index contributed by atoms with van der Waals surface area (Å²) in [6, 6.07) is 16.6. The number of nitrogens with zero attached hydrogens (tertiary/aromatic N) is 2. The van der Waals surface area contributed by atoms with Gasteiger partial charge >= 0.3 is 5.69 Å². The molecule has 0 unspecified atom stereocenters. The van der Waals surface area contributed by atoms with Gasteiger partial charge in [0.25, 0.3) is 11.5 Å². The summed E-state index contributed by atoms with van der Waals surface area (Å²) in [5, 5.41) is 0. The van der Waals surface area contributed by atoms with E-state index in [4.69, 9.17) is 10.5 Å². The lowest BCUT2D eigenvalue weighted by Gasteiger charge is -2.24. The van der Waals surface area contributed by atoms with Crippen LogP contribution < -0.4 is 26.6 Å². The first-order valence-corrected chi connectivity index (χ1v) is 10.6. The highest BCUT2D eigenvalue weighted by molar-refractivity contribution is 5.96. The maximum absolute atomic E-state index is 13.2. The molecule has 0 fully saturated rings. The molecule has 8 heteroatoms. The Morgan fingerprint density at radius 2 is 1.78 bits per heavy atom. The van der Waals surface area contributed by atoms with Crippen molar-refractivity contribution < 1.29 is 9.53 Å². The molecule has 0 aliphatic carbocycles. The second kappa shape index (κ2) is 10.5. The van der Waals surface area contributed by atoms with Gasteiger partial charge in [-0.2, -0.15) is 0 Å². The summed E-state index contributed by atoms with van der Waals surface area (Å²) in [7, 11) is 0. The number of benzene rings is 2. The van der Waals surface area contributed by atoms with Crippen molar-refractivity contribution in [2.45, 2.75) is 39.8 Å². The molecule has 168 valence electrons. The number of unbranched alkanes of at least 4 members (excludes halogenated alkanes) is 1. The lowest BCUT2D eigenvalue weighted by atomic mass is 10.2. The number of nitrogen functional groups attached to an aromatic ring is 1. The second-order valence-corrected chi connectivity index (χ2v) is 7.57. The molecule has 1 amide bonds. The summed E-state index contributed by atoms with van der Waals surface area (Å²) in [6.07, 6.45) is 1.55. The molecule has 0 radical (unpaired) electrons. The van der Waals surface area contributed by atoms with Crippen LogP contribution >= 0.6 is 0 Å². The molecule has 32 heavy (non-hydrogen) atoms. The summed E-state index contributed by atoms with van der Waals surface area (Å²) < 4.78 is 6.95. The predicted octanol–water partition coefficient (Wildman–Crippen LogP) is 2.84. The zero-order valence-corrected chi connectivity index (χ0v) is 18.3. The summed E-state index contributed by atoms with van der Waals surface area (Å²) in [6.45, 7) is 4.11. The van der Waals surface area contributed by atoms with Crippen LogP contribution in [0.5, 0.6) is 5.75 Å². The van der Waals surface area contributed by atoms with E-state index in [2.05, 4.69) is 4.98 Å². The van der Waals surface area contributed by atoms with Gasteiger partial charge in [0.2, 0.25) is 0 Å². The van der Waals surface area contributed by atoms with Gasteiger partial charge in [-0.15, -0.1) is 0 Å². The monoisotopic (exact) mass is 436 g/mol. The number of carbonyl (C=O) groups is 1. The molecule has 8 nitrogen and oxygen atoms in total. The number of H-pyrrole nitrogens is 1. The van der Waals surface area contributed by atoms with Crippen molar-refractivity contribution in [1.82, 2.24) is 9.55 Å². The van der Waals surface area contributed by atoms with Crippen LogP contribution in [0.4, 0.5) is 11.5 Å². The maximum atomic E-state index is 13.2. The highest BCUT2D eigenvalue weighted by atomic mass is 16.5. The van der Waals surface area contributed by atoms with Gasteiger partial charge in [-0.3, -0.25) is 24.0 Å². The molecule has 0 aliphatic rings. The standard InChI is InChI=1S/C24H28N4O4/c1-3-4-14-27-22(25)21(23(30)26-24(27)31)28(15-18-8-6-5-7-9-18)20(29)16-32-19-12-10-17(2)11-13-19/h5-13H,3-4,14-16,25H2,1-2H3,(H,26,30,31). The minimum absolute atomic E-state index is 0.0354. The number of ether oxygens (including phenoxy) is 1. The fourth-order valence-corrected chi connectivity index (χ4v) is 3.29. The molecule has 0 saturated carbocycles. The van der Waals surface area contributed by atoms with Gasteiger partial charge in [0.15, 0.2) is 12.3 Å². The smallest absolute Gasteiger partial charge is 0.330 e. The number of hydrogen-bond acceptors (Lipinski definition) is 5. The van der Waals surface area contributed by atoms with Gasteiger partial charge in [0.05, 0.1) is 6.54 Å². The highest BCUT2D eigenvalue weighted by Gasteiger charge is 2.25. The van der Waals surface area contributed by atoms with Crippen LogP contribution in [0.3, 0.4) is 0 Å². The van der Waals surface area contributed by atoms with Gasteiger partial charge in [0.1, 0.15) is 11.6 Å². The molecule has 0 saturated heterocycles. The van der Waals surface area contributed by atoms with Gasteiger partial charge in [-0.05, 0) is 31.0 Å². The molecule has 0 aliphatic heterocycles.